The third kappa shape index (κ3) is 3.61. The van der Waals surface area contributed by atoms with Crippen LogP contribution in [0.15, 0.2) is 61.3 Å². The van der Waals surface area contributed by atoms with Crippen LogP contribution in [-0.4, -0.2) is 50.9 Å². The van der Waals surface area contributed by atoms with Gasteiger partial charge in [0.25, 0.3) is 0 Å². The van der Waals surface area contributed by atoms with Crippen molar-refractivity contribution < 1.29 is 0 Å². The maximum Gasteiger partial charge on any atom is 0.163 e. The number of pyridine rings is 1. The van der Waals surface area contributed by atoms with E-state index in [0.29, 0.717) is 6.54 Å². The zero-order chi connectivity index (χ0) is 19.6. The Bertz CT molecular complexity index is 1100. The van der Waals surface area contributed by atoms with Crippen molar-refractivity contribution in [2.24, 2.45) is 0 Å². The summed E-state index contributed by atoms with van der Waals surface area (Å²) in [5.74, 6) is 0.947. The Balaban J connectivity index is 1.36. The molecule has 0 amide bonds. The summed E-state index contributed by atoms with van der Waals surface area (Å²) in [6, 6.07) is 11.9. The van der Waals surface area contributed by atoms with Crippen LogP contribution in [0, 0.1) is 0 Å². The van der Waals surface area contributed by atoms with Crippen molar-refractivity contribution in [1.29, 1.82) is 0 Å². The lowest BCUT2D eigenvalue weighted by atomic mass is 10.2. The molecule has 0 atom stereocenters. The molecule has 4 heterocycles. The number of nitrogens with zero attached hydrogens (tertiary/aromatic N) is 7. The van der Waals surface area contributed by atoms with Gasteiger partial charge in [0.05, 0.1) is 30.0 Å². The molecule has 1 aliphatic heterocycles. The fourth-order valence-corrected chi connectivity index (χ4v) is 3.85. The summed E-state index contributed by atoms with van der Waals surface area (Å²) in [7, 11) is 0. The van der Waals surface area contributed by atoms with Gasteiger partial charge in [0, 0.05) is 37.4 Å². The van der Waals surface area contributed by atoms with Gasteiger partial charge in [0.2, 0.25) is 0 Å². The summed E-state index contributed by atoms with van der Waals surface area (Å²) in [5.41, 5.74) is 3.14. The molecule has 0 spiro atoms. The highest BCUT2D eigenvalue weighted by Crippen LogP contribution is 2.25. The molecule has 0 saturated carbocycles. The minimum Gasteiger partial charge on any atom is -0.367 e. The SMILES string of the molecule is Clc1ccc(Cn2ncc3c(N4CCN(c5cccnc5)CC4)ncnc32)cc1. The number of aromatic nitrogens is 5. The van der Waals surface area contributed by atoms with Gasteiger partial charge < -0.3 is 9.80 Å². The zero-order valence-corrected chi connectivity index (χ0v) is 16.6. The van der Waals surface area contributed by atoms with E-state index in [1.807, 2.05) is 47.4 Å². The van der Waals surface area contributed by atoms with Gasteiger partial charge in [-0.15, -0.1) is 0 Å². The summed E-state index contributed by atoms with van der Waals surface area (Å²) in [6.07, 6.45) is 7.22. The largest absolute Gasteiger partial charge is 0.367 e. The quantitative estimate of drug-likeness (QED) is 0.519. The molecule has 1 saturated heterocycles. The molecule has 0 radical (unpaired) electrons. The highest BCUT2D eigenvalue weighted by molar-refractivity contribution is 6.30. The number of hydrogen-bond acceptors (Lipinski definition) is 6. The summed E-state index contributed by atoms with van der Waals surface area (Å²) in [4.78, 5) is 18.0. The van der Waals surface area contributed by atoms with Gasteiger partial charge in [-0.3, -0.25) is 4.98 Å². The highest BCUT2D eigenvalue weighted by atomic mass is 35.5. The molecule has 3 aromatic heterocycles. The van der Waals surface area contributed by atoms with Crippen molar-refractivity contribution >= 4 is 34.1 Å². The molecule has 1 aromatic carbocycles. The van der Waals surface area contributed by atoms with E-state index in [9.17, 15) is 0 Å². The van der Waals surface area contributed by atoms with E-state index in [4.69, 9.17) is 11.6 Å². The van der Waals surface area contributed by atoms with Crippen LogP contribution in [0.1, 0.15) is 5.56 Å². The van der Waals surface area contributed by atoms with Gasteiger partial charge in [0.1, 0.15) is 12.1 Å². The molecule has 1 aliphatic rings. The predicted octanol–water partition coefficient (Wildman–Crippen LogP) is 3.25. The Morgan fingerprint density at radius 2 is 1.69 bits per heavy atom. The molecule has 1 fully saturated rings. The number of rotatable bonds is 4. The molecule has 5 rings (SSSR count). The molecule has 146 valence electrons. The van der Waals surface area contributed by atoms with Crippen molar-refractivity contribution in [3.63, 3.8) is 0 Å². The van der Waals surface area contributed by atoms with Crippen LogP contribution in [0.4, 0.5) is 11.5 Å². The third-order valence-corrected chi connectivity index (χ3v) is 5.50. The second kappa shape index (κ2) is 7.67. The van der Waals surface area contributed by atoms with E-state index in [0.717, 1.165) is 59.3 Å². The van der Waals surface area contributed by atoms with Crippen molar-refractivity contribution in [2.45, 2.75) is 6.54 Å². The highest BCUT2D eigenvalue weighted by Gasteiger charge is 2.21. The monoisotopic (exact) mass is 405 g/mol. The molecule has 29 heavy (non-hydrogen) atoms. The number of benzene rings is 1. The standard InChI is InChI=1S/C21H20ClN7/c22-17-5-3-16(4-6-17)14-29-21-19(13-26-29)20(24-15-25-21)28-10-8-27(9-11-28)18-2-1-7-23-12-18/h1-7,12-13,15H,8-11,14H2. The van der Waals surface area contributed by atoms with E-state index >= 15 is 0 Å². The fourth-order valence-electron chi connectivity index (χ4n) is 3.73. The van der Waals surface area contributed by atoms with Crippen LogP contribution < -0.4 is 9.80 Å². The van der Waals surface area contributed by atoms with Crippen LogP contribution >= 0.6 is 11.6 Å². The predicted molar refractivity (Wildman–Crippen MR) is 115 cm³/mol. The normalized spacial score (nSPS) is 14.5. The number of fused-ring (bicyclic) bond motifs is 1. The molecular weight excluding hydrogens is 386 g/mol. The Morgan fingerprint density at radius 1 is 0.897 bits per heavy atom. The van der Waals surface area contributed by atoms with Gasteiger partial charge in [-0.1, -0.05) is 23.7 Å². The van der Waals surface area contributed by atoms with Gasteiger partial charge in [0.15, 0.2) is 5.65 Å². The second-order valence-electron chi connectivity index (χ2n) is 7.05. The number of piperazine rings is 1. The third-order valence-electron chi connectivity index (χ3n) is 5.25. The smallest absolute Gasteiger partial charge is 0.163 e. The van der Waals surface area contributed by atoms with Crippen molar-refractivity contribution in [2.75, 3.05) is 36.0 Å². The lowest BCUT2D eigenvalue weighted by molar-refractivity contribution is 0.648. The maximum atomic E-state index is 5.99. The van der Waals surface area contributed by atoms with Crippen molar-refractivity contribution in [3.8, 4) is 0 Å². The summed E-state index contributed by atoms with van der Waals surface area (Å²) >= 11 is 5.99. The summed E-state index contributed by atoms with van der Waals surface area (Å²) in [6.45, 7) is 4.28. The number of anilines is 2. The molecule has 0 N–H and O–H groups in total. The molecular formula is C21H20ClN7. The van der Waals surface area contributed by atoms with Crippen molar-refractivity contribution in [1.82, 2.24) is 24.7 Å². The molecule has 7 nitrogen and oxygen atoms in total. The fraction of sp³-hybridized carbons (Fsp3) is 0.238. The minimum absolute atomic E-state index is 0.645. The maximum absolute atomic E-state index is 5.99. The van der Waals surface area contributed by atoms with Gasteiger partial charge in [-0.25, -0.2) is 14.6 Å². The summed E-state index contributed by atoms with van der Waals surface area (Å²) in [5, 5.41) is 6.28. The Kier molecular flexibility index (Phi) is 4.73. The lowest BCUT2D eigenvalue weighted by Gasteiger charge is -2.36. The average Bonchev–Trinajstić information content (AvgIpc) is 3.19. The van der Waals surface area contributed by atoms with E-state index < -0.39 is 0 Å². The second-order valence-corrected chi connectivity index (χ2v) is 7.48. The first-order valence-electron chi connectivity index (χ1n) is 9.59. The van der Waals surface area contributed by atoms with E-state index in [-0.39, 0.29) is 0 Å². The minimum atomic E-state index is 0.645. The Morgan fingerprint density at radius 3 is 2.45 bits per heavy atom. The summed E-state index contributed by atoms with van der Waals surface area (Å²) < 4.78 is 1.91. The number of hydrogen-bond donors (Lipinski definition) is 0. The number of halogens is 1. The molecule has 0 aliphatic carbocycles. The molecule has 4 aromatic rings. The Hall–Kier alpha value is -3.19. The molecule has 0 unspecified atom stereocenters. The van der Waals surface area contributed by atoms with Crippen LogP contribution in [-0.2, 0) is 6.54 Å². The van der Waals surface area contributed by atoms with Crippen LogP contribution in [0.2, 0.25) is 5.02 Å². The molecule has 8 heteroatoms. The first-order valence-corrected chi connectivity index (χ1v) is 9.96. The topological polar surface area (TPSA) is 63.0 Å². The van der Waals surface area contributed by atoms with Crippen LogP contribution in [0.25, 0.3) is 11.0 Å². The zero-order valence-electron chi connectivity index (χ0n) is 15.8. The molecule has 0 bridgehead atoms. The van der Waals surface area contributed by atoms with Crippen molar-refractivity contribution in [3.05, 3.63) is 71.9 Å². The van der Waals surface area contributed by atoms with E-state index in [1.54, 1.807) is 12.5 Å². The van der Waals surface area contributed by atoms with Gasteiger partial charge in [-0.2, -0.15) is 5.10 Å². The van der Waals surface area contributed by atoms with Gasteiger partial charge >= 0.3 is 0 Å². The van der Waals surface area contributed by atoms with Crippen LogP contribution in [0.5, 0.6) is 0 Å². The first-order chi connectivity index (χ1) is 14.3. The van der Waals surface area contributed by atoms with Gasteiger partial charge in [-0.05, 0) is 29.8 Å². The van der Waals surface area contributed by atoms with E-state index in [1.165, 1.54) is 0 Å². The van der Waals surface area contributed by atoms with E-state index in [2.05, 4.69) is 35.9 Å². The first kappa shape index (κ1) is 17.9. The Labute approximate surface area is 173 Å². The van der Waals surface area contributed by atoms with Crippen LogP contribution in [0.3, 0.4) is 0 Å². The lowest BCUT2D eigenvalue weighted by Crippen LogP contribution is -2.46. The average molecular weight is 406 g/mol.